The van der Waals surface area contributed by atoms with Gasteiger partial charge in [0, 0.05) is 89.3 Å². The van der Waals surface area contributed by atoms with E-state index in [1.54, 1.807) is 0 Å². The summed E-state index contributed by atoms with van der Waals surface area (Å²) in [6.45, 7) is 24.2. The van der Waals surface area contributed by atoms with Gasteiger partial charge in [0.25, 0.3) is 0 Å². The molecule has 0 bridgehead atoms. The van der Waals surface area contributed by atoms with Crippen LogP contribution in [0.25, 0.3) is 77.4 Å². The Hall–Kier alpha value is -8.32. The van der Waals surface area contributed by atoms with Crippen LogP contribution in [0.3, 0.4) is 0 Å². The first-order valence-corrected chi connectivity index (χ1v) is 28.4. The Balaban J connectivity index is 0.00000680. The van der Waals surface area contributed by atoms with Crippen molar-refractivity contribution < 1.29 is 34.6 Å². The average Bonchev–Trinajstić information content (AvgIpc) is 4.33. The molecule has 0 unspecified atom stereocenters. The van der Waals surface area contributed by atoms with Gasteiger partial charge in [0.1, 0.15) is 17.5 Å². The van der Waals surface area contributed by atoms with E-state index in [2.05, 4.69) is 253 Å². The van der Waals surface area contributed by atoms with Crippen molar-refractivity contribution in [3.8, 4) is 45.3 Å². The number of pyridine rings is 1. The van der Waals surface area contributed by atoms with Crippen LogP contribution >= 0.6 is 0 Å². The fourth-order valence-corrected chi connectivity index (χ4v) is 11.8. The molecule has 4 heterocycles. The first kappa shape index (κ1) is 55.2. The summed E-state index contributed by atoms with van der Waals surface area (Å²) < 4.78 is 43.0. The van der Waals surface area contributed by atoms with E-state index in [0.29, 0.717) is 28.3 Å². The van der Waals surface area contributed by atoms with Crippen molar-refractivity contribution in [2.24, 2.45) is 0 Å². The van der Waals surface area contributed by atoms with E-state index < -0.39 is 11.6 Å². The van der Waals surface area contributed by atoms with Crippen molar-refractivity contribution in [3.05, 3.63) is 241 Å². The van der Waals surface area contributed by atoms with E-state index >= 15 is 8.78 Å². The zero-order valence-electron chi connectivity index (χ0n) is 48.3. The Kier molecular flexibility index (Phi) is 14.1. The SMILES string of the molecule is CC(C)c1cc(-c2cc(C(C)(C)C)cc(-c3cc(F)cc(F)c3)c2N2[CH-]N(c3[c-]c(Oc4[c-]c5c(cc4)c4ccccc4n5-c4cc(C(C)(C)C)ccn4)cc(-n4c5ccccc5c5ccccc54)c3)c3ccccc32)cc(C(C)C)c1.[Pt]. The second-order valence-corrected chi connectivity index (χ2v) is 24.5. The molecule has 12 aromatic rings. The molecule has 83 heavy (non-hydrogen) atoms. The number of hydrogen-bond donors (Lipinski definition) is 0. The van der Waals surface area contributed by atoms with Gasteiger partial charge in [-0.15, -0.1) is 42.4 Å². The van der Waals surface area contributed by atoms with Crippen LogP contribution in [0.15, 0.2) is 188 Å². The quantitative estimate of drug-likeness (QED) is 0.128. The average molecular weight is 1270 g/mol. The van der Waals surface area contributed by atoms with Gasteiger partial charge < -0.3 is 23.7 Å². The van der Waals surface area contributed by atoms with Gasteiger partial charge in [0.2, 0.25) is 0 Å². The van der Waals surface area contributed by atoms with Crippen LogP contribution in [0.1, 0.15) is 103 Å². The number of fused-ring (bicyclic) bond motifs is 7. The Labute approximate surface area is 499 Å². The number of hydrogen-bond acceptors (Lipinski definition) is 4. The van der Waals surface area contributed by atoms with Crippen LogP contribution in [0.5, 0.6) is 11.5 Å². The van der Waals surface area contributed by atoms with Crippen molar-refractivity contribution >= 4 is 66.4 Å². The summed E-state index contributed by atoms with van der Waals surface area (Å²) in [4.78, 5) is 9.28. The van der Waals surface area contributed by atoms with Crippen LogP contribution in [0, 0.1) is 30.4 Å². The van der Waals surface area contributed by atoms with Gasteiger partial charge in [-0.2, -0.15) is 6.07 Å². The second kappa shape index (κ2) is 21.1. The third-order valence-electron chi connectivity index (χ3n) is 16.2. The van der Waals surface area contributed by atoms with Crippen molar-refractivity contribution in [1.29, 1.82) is 0 Å². The molecule has 1 aliphatic rings. The Morgan fingerprint density at radius 3 is 1.60 bits per heavy atom. The minimum absolute atomic E-state index is 0. The third kappa shape index (κ3) is 9.99. The molecule has 0 radical (unpaired) electrons. The minimum Gasteiger partial charge on any atom is -0.509 e. The predicted octanol–water partition coefficient (Wildman–Crippen LogP) is 20.5. The topological polar surface area (TPSA) is 38.5 Å². The van der Waals surface area contributed by atoms with Crippen LogP contribution < -0.4 is 14.5 Å². The monoisotopic (exact) mass is 1270 g/mol. The van der Waals surface area contributed by atoms with Gasteiger partial charge in [-0.25, -0.2) is 13.8 Å². The summed E-state index contributed by atoms with van der Waals surface area (Å²) in [6, 6.07) is 68.8. The molecule has 6 nitrogen and oxygen atoms in total. The van der Waals surface area contributed by atoms with E-state index in [9.17, 15) is 0 Å². The molecule has 0 saturated carbocycles. The molecule has 3 aromatic heterocycles. The second-order valence-electron chi connectivity index (χ2n) is 24.5. The number of anilines is 4. The molecule has 0 N–H and O–H groups in total. The maximum atomic E-state index is 15.7. The Morgan fingerprint density at radius 1 is 0.494 bits per heavy atom. The number of nitrogens with zero attached hydrogens (tertiary/aromatic N) is 5. The van der Waals surface area contributed by atoms with E-state index in [-0.39, 0.29) is 43.7 Å². The smallest absolute Gasteiger partial charge is 0.135 e. The maximum Gasteiger partial charge on any atom is 0.135 e. The van der Waals surface area contributed by atoms with Crippen molar-refractivity contribution in [3.63, 3.8) is 0 Å². The van der Waals surface area contributed by atoms with Crippen LogP contribution in [-0.2, 0) is 31.9 Å². The minimum atomic E-state index is -0.645. The fraction of sp³-hybridized carbons (Fsp3) is 0.189. The molecule has 9 heteroatoms. The maximum absolute atomic E-state index is 15.7. The Bertz CT molecular complexity index is 4400. The van der Waals surface area contributed by atoms with Gasteiger partial charge in [0.05, 0.1) is 11.0 Å². The standard InChI is InChI=1S/C74H64F2N5O.Pt/c1-45(2)47-31-48(46(3)4)33-49(32-47)63-36-52(74(8,9)10)37-64(50-34-53(75)39-54(76)35-50)72(63)79-44-78(68-25-17-18-26-69(68)79)55-40-56(80-65-22-14-11-19-59(65)60-20-12-15-23-66(60)80)42-58(41-55)82-57-27-28-62-61-21-13-16-24-67(61)81(70(62)43-57)71-38-51(29-30-77-71)73(5,6)7;/h11-40,42,44-46H,1-10H3;/q-3;. The normalized spacial score (nSPS) is 12.8. The number of halogens is 2. The molecule has 13 rings (SSSR count). The van der Waals surface area contributed by atoms with Gasteiger partial charge >= 0.3 is 0 Å². The van der Waals surface area contributed by atoms with Gasteiger partial charge in [-0.1, -0.05) is 171 Å². The molecule has 0 aliphatic carbocycles. The van der Waals surface area contributed by atoms with E-state index in [0.717, 1.165) is 94.9 Å². The largest absolute Gasteiger partial charge is 0.509 e. The summed E-state index contributed by atoms with van der Waals surface area (Å²) in [5, 5.41) is 4.38. The Morgan fingerprint density at radius 2 is 1.02 bits per heavy atom. The van der Waals surface area contributed by atoms with Crippen molar-refractivity contribution in [2.45, 2.75) is 91.9 Å². The van der Waals surface area contributed by atoms with Crippen molar-refractivity contribution in [2.75, 3.05) is 9.80 Å². The number of benzene rings is 9. The molecule has 0 spiro atoms. The van der Waals surface area contributed by atoms with Gasteiger partial charge in [0.15, 0.2) is 0 Å². The number of rotatable bonds is 10. The van der Waals surface area contributed by atoms with Crippen LogP contribution in [0.2, 0.25) is 0 Å². The number of aromatic nitrogens is 3. The van der Waals surface area contributed by atoms with E-state index in [1.165, 1.54) is 28.8 Å². The zero-order chi connectivity index (χ0) is 56.9. The first-order chi connectivity index (χ1) is 39.4. The molecule has 0 atom stereocenters. The van der Waals surface area contributed by atoms with Gasteiger partial charge in [-0.05, 0) is 128 Å². The third-order valence-corrected chi connectivity index (χ3v) is 16.2. The van der Waals surface area contributed by atoms with E-state index in [4.69, 9.17) is 9.72 Å². The summed E-state index contributed by atoms with van der Waals surface area (Å²) in [7, 11) is 0. The van der Waals surface area contributed by atoms with E-state index in [1.807, 2.05) is 24.4 Å². The summed E-state index contributed by atoms with van der Waals surface area (Å²) in [6.07, 6.45) is 1.89. The predicted molar refractivity (Wildman–Crippen MR) is 335 cm³/mol. The molecule has 418 valence electrons. The molecule has 0 fully saturated rings. The molecule has 1 aliphatic heterocycles. The molecular formula is C74H64F2N5OPt-3. The molecule has 0 amide bonds. The zero-order valence-corrected chi connectivity index (χ0v) is 50.6. The summed E-state index contributed by atoms with van der Waals surface area (Å²) in [5.41, 5.74) is 15.4. The number of ether oxygens (including phenoxy) is 1. The first-order valence-electron chi connectivity index (χ1n) is 28.4. The summed E-state index contributed by atoms with van der Waals surface area (Å²) in [5.74, 6) is 0.997. The molecular weight excluding hydrogens is 1210 g/mol. The summed E-state index contributed by atoms with van der Waals surface area (Å²) >= 11 is 0. The molecule has 0 saturated heterocycles. The molecule has 9 aromatic carbocycles. The van der Waals surface area contributed by atoms with Crippen LogP contribution in [0.4, 0.5) is 31.5 Å². The number of para-hydroxylation sites is 5. The van der Waals surface area contributed by atoms with Gasteiger partial charge in [-0.3, -0.25) is 0 Å². The van der Waals surface area contributed by atoms with Crippen LogP contribution in [-0.4, -0.2) is 14.1 Å². The fourth-order valence-electron chi connectivity index (χ4n) is 11.8. The van der Waals surface area contributed by atoms with Crippen molar-refractivity contribution in [1.82, 2.24) is 14.1 Å².